The lowest BCUT2D eigenvalue weighted by molar-refractivity contribution is -0.138. The summed E-state index contributed by atoms with van der Waals surface area (Å²) in [5.41, 5.74) is 1.34. The first-order chi connectivity index (χ1) is 11.7. The van der Waals surface area contributed by atoms with Crippen molar-refractivity contribution < 1.29 is 9.32 Å². The number of amides is 1. The Bertz CT molecular complexity index is 718. The Balaban J connectivity index is 1.30. The van der Waals surface area contributed by atoms with Gasteiger partial charge >= 0.3 is 0 Å². The van der Waals surface area contributed by atoms with E-state index in [1.54, 1.807) is 0 Å². The van der Waals surface area contributed by atoms with E-state index < -0.39 is 0 Å². The molecule has 0 aliphatic carbocycles. The maximum atomic E-state index is 12.8. The molecule has 0 bridgehead atoms. The van der Waals surface area contributed by atoms with Gasteiger partial charge in [0, 0.05) is 23.9 Å². The number of rotatable bonds is 3. The highest BCUT2D eigenvalue weighted by molar-refractivity contribution is 7.10. The van der Waals surface area contributed by atoms with Crippen molar-refractivity contribution in [3.63, 3.8) is 0 Å². The second-order valence-electron chi connectivity index (χ2n) is 6.66. The standard InChI is InChI=1S/C17H22N4O2S/c1-12-18-16(23-19-12)11-20-6-2-13(3-7-20)17(22)21-8-4-15-14(10-21)5-9-24-15/h5,9,13H,2-4,6-8,10-11H2,1H3. The summed E-state index contributed by atoms with van der Waals surface area (Å²) in [6, 6.07) is 2.16. The van der Waals surface area contributed by atoms with E-state index in [1.165, 1.54) is 10.4 Å². The van der Waals surface area contributed by atoms with Crippen molar-refractivity contribution in [1.82, 2.24) is 19.9 Å². The minimum Gasteiger partial charge on any atom is -0.338 e. The van der Waals surface area contributed by atoms with Crippen LogP contribution in [0.15, 0.2) is 16.0 Å². The quantitative estimate of drug-likeness (QED) is 0.853. The van der Waals surface area contributed by atoms with Crippen LogP contribution in [-0.2, 0) is 24.3 Å². The molecule has 2 aliphatic heterocycles. The van der Waals surface area contributed by atoms with Gasteiger partial charge in [0.2, 0.25) is 11.8 Å². The third-order valence-corrected chi connectivity index (χ3v) is 6.01. The molecule has 6 nitrogen and oxygen atoms in total. The number of fused-ring (bicyclic) bond motifs is 1. The lowest BCUT2D eigenvalue weighted by atomic mass is 9.94. The Morgan fingerprint density at radius 2 is 2.21 bits per heavy atom. The van der Waals surface area contributed by atoms with Gasteiger partial charge in [0.05, 0.1) is 6.54 Å². The number of piperidine rings is 1. The van der Waals surface area contributed by atoms with E-state index in [-0.39, 0.29) is 5.92 Å². The Labute approximate surface area is 145 Å². The van der Waals surface area contributed by atoms with Gasteiger partial charge in [0.25, 0.3) is 0 Å². The van der Waals surface area contributed by atoms with E-state index in [4.69, 9.17) is 4.52 Å². The first kappa shape index (κ1) is 15.8. The minimum absolute atomic E-state index is 0.158. The lowest BCUT2D eigenvalue weighted by Gasteiger charge is -2.35. The highest BCUT2D eigenvalue weighted by atomic mass is 32.1. The van der Waals surface area contributed by atoms with Crippen LogP contribution in [0.5, 0.6) is 0 Å². The van der Waals surface area contributed by atoms with Gasteiger partial charge in [0.15, 0.2) is 5.82 Å². The summed E-state index contributed by atoms with van der Waals surface area (Å²) in [5, 5.41) is 5.96. The molecular formula is C17H22N4O2S. The molecule has 2 aliphatic rings. The molecule has 24 heavy (non-hydrogen) atoms. The van der Waals surface area contributed by atoms with Gasteiger partial charge in [0.1, 0.15) is 0 Å². The Morgan fingerprint density at radius 3 is 2.96 bits per heavy atom. The Kier molecular flexibility index (Phi) is 4.37. The SMILES string of the molecule is Cc1noc(CN2CCC(C(=O)N3CCc4sccc4C3)CC2)n1. The van der Waals surface area contributed by atoms with Crippen LogP contribution < -0.4 is 0 Å². The first-order valence-corrected chi connectivity index (χ1v) is 9.42. The summed E-state index contributed by atoms with van der Waals surface area (Å²) >= 11 is 1.81. The minimum atomic E-state index is 0.158. The number of hydrogen-bond acceptors (Lipinski definition) is 6. The molecule has 0 radical (unpaired) electrons. The molecule has 2 aromatic heterocycles. The summed E-state index contributed by atoms with van der Waals surface area (Å²) in [6.45, 7) is 6.00. The molecule has 0 atom stereocenters. The molecule has 0 spiro atoms. The second-order valence-corrected chi connectivity index (χ2v) is 7.67. The van der Waals surface area contributed by atoms with Crippen LogP contribution in [0.1, 0.15) is 35.0 Å². The van der Waals surface area contributed by atoms with E-state index >= 15 is 0 Å². The monoisotopic (exact) mass is 346 g/mol. The molecule has 1 saturated heterocycles. The molecule has 1 amide bonds. The van der Waals surface area contributed by atoms with Crippen LogP contribution >= 0.6 is 11.3 Å². The molecular weight excluding hydrogens is 324 g/mol. The highest BCUT2D eigenvalue weighted by Crippen LogP contribution is 2.27. The summed E-state index contributed by atoms with van der Waals surface area (Å²) in [6.07, 6.45) is 2.84. The average molecular weight is 346 g/mol. The van der Waals surface area contributed by atoms with Crippen molar-refractivity contribution in [1.29, 1.82) is 0 Å². The topological polar surface area (TPSA) is 62.5 Å². The first-order valence-electron chi connectivity index (χ1n) is 8.54. The summed E-state index contributed by atoms with van der Waals surface area (Å²) < 4.78 is 5.19. The average Bonchev–Trinajstić information content (AvgIpc) is 3.23. The number of hydrogen-bond donors (Lipinski definition) is 0. The number of likely N-dealkylation sites (tertiary alicyclic amines) is 1. The predicted molar refractivity (Wildman–Crippen MR) is 90.5 cm³/mol. The smallest absolute Gasteiger partial charge is 0.240 e. The lowest BCUT2D eigenvalue weighted by Crippen LogP contribution is -2.43. The van der Waals surface area contributed by atoms with Crippen molar-refractivity contribution >= 4 is 17.2 Å². The normalized spacial score (nSPS) is 19.5. The molecule has 0 unspecified atom stereocenters. The van der Waals surface area contributed by atoms with Gasteiger partial charge < -0.3 is 9.42 Å². The molecule has 0 aromatic carbocycles. The highest BCUT2D eigenvalue weighted by Gasteiger charge is 2.30. The molecule has 4 rings (SSSR count). The van der Waals surface area contributed by atoms with E-state index in [0.717, 1.165) is 45.4 Å². The molecule has 1 fully saturated rings. The second kappa shape index (κ2) is 6.64. The van der Waals surface area contributed by atoms with Crippen molar-refractivity contribution in [2.45, 2.75) is 39.3 Å². The van der Waals surface area contributed by atoms with E-state index in [9.17, 15) is 4.79 Å². The van der Waals surface area contributed by atoms with Gasteiger partial charge in [-0.1, -0.05) is 5.16 Å². The fraction of sp³-hybridized carbons (Fsp3) is 0.588. The van der Waals surface area contributed by atoms with Gasteiger partial charge in [-0.05, 0) is 56.3 Å². The number of aryl methyl sites for hydroxylation is 1. The van der Waals surface area contributed by atoms with E-state index in [0.29, 0.717) is 24.2 Å². The van der Waals surface area contributed by atoms with Crippen LogP contribution in [0.3, 0.4) is 0 Å². The van der Waals surface area contributed by atoms with Gasteiger partial charge in [-0.3, -0.25) is 9.69 Å². The Morgan fingerprint density at radius 1 is 1.38 bits per heavy atom. The van der Waals surface area contributed by atoms with Crippen LogP contribution in [0.25, 0.3) is 0 Å². The Hall–Kier alpha value is -1.73. The fourth-order valence-electron chi connectivity index (χ4n) is 3.63. The summed E-state index contributed by atoms with van der Waals surface area (Å²) in [5.74, 6) is 1.83. The zero-order valence-corrected chi connectivity index (χ0v) is 14.7. The summed E-state index contributed by atoms with van der Waals surface area (Å²) in [4.78, 5) is 22.9. The molecule has 0 N–H and O–H groups in total. The largest absolute Gasteiger partial charge is 0.338 e. The predicted octanol–water partition coefficient (Wildman–Crippen LogP) is 2.24. The van der Waals surface area contributed by atoms with Crippen LogP contribution in [0.4, 0.5) is 0 Å². The number of nitrogens with zero attached hydrogens (tertiary/aromatic N) is 4. The molecule has 7 heteroatoms. The van der Waals surface area contributed by atoms with Crippen molar-refractivity contribution in [3.8, 4) is 0 Å². The van der Waals surface area contributed by atoms with Crippen LogP contribution in [0, 0.1) is 12.8 Å². The fourth-order valence-corrected chi connectivity index (χ4v) is 4.52. The van der Waals surface area contributed by atoms with Gasteiger partial charge in [-0.25, -0.2) is 0 Å². The maximum Gasteiger partial charge on any atom is 0.240 e. The van der Waals surface area contributed by atoms with E-state index in [1.807, 2.05) is 18.3 Å². The number of carbonyl (C=O) groups excluding carboxylic acids is 1. The van der Waals surface area contributed by atoms with Crippen LogP contribution in [-0.4, -0.2) is 45.5 Å². The van der Waals surface area contributed by atoms with Crippen molar-refractivity contribution in [3.05, 3.63) is 33.6 Å². The van der Waals surface area contributed by atoms with Crippen molar-refractivity contribution in [2.75, 3.05) is 19.6 Å². The zero-order chi connectivity index (χ0) is 16.5. The molecule has 128 valence electrons. The van der Waals surface area contributed by atoms with Gasteiger partial charge in [-0.2, -0.15) is 4.98 Å². The zero-order valence-electron chi connectivity index (χ0n) is 13.9. The van der Waals surface area contributed by atoms with Gasteiger partial charge in [-0.15, -0.1) is 11.3 Å². The van der Waals surface area contributed by atoms with Crippen LogP contribution in [0.2, 0.25) is 0 Å². The third-order valence-electron chi connectivity index (χ3n) is 4.98. The summed E-state index contributed by atoms with van der Waals surface area (Å²) in [7, 11) is 0. The number of aromatic nitrogens is 2. The van der Waals surface area contributed by atoms with E-state index in [2.05, 4.69) is 31.4 Å². The number of carbonyl (C=O) groups is 1. The molecule has 4 heterocycles. The number of thiophene rings is 1. The third kappa shape index (κ3) is 3.23. The maximum absolute atomic E-state index is 12.8. The molecule has 2 aromatic rings. The van der Waals surface area contributed by atoms with Crippen molar-refractivity contribution in [2.24, 2.45) is 5.92 Å². The molecule has 0 saturated carbocycles.